The molecule has 0 spiro atoms. The summed E-state index contributed by atoms with van der Waals surface area (Å²) in [5, 5.41) is 5.40. The third kappa shape index (κ3) is 4.09. The minimum Gasteiger partial charge on any atom is -0.451 e. The summed E-state index contributed by atoms with van der Waals surface area (Å²) in [4.78, 5) is 14.1. The molecule has 1 aliphatic heterocycles. The average molecular weight is 392 g/mol. The molecule has 1 saturated heterocycles. The van der Waals surface area contributed by atoms with E-state index in [1.54, 1.807) is 0 Å². The van der Waals surface area contributed by atoms with Gasteiger partial charge in [0.25, 0.3) is 0 Å². The summed E-state index contributed by atoms with van der Waals surface area (Å²) in [6.45, 7) is 7.13. The molecule has 0 aliphatic carbocycles. The molecule has 29 heavy (non-hydrogen) atoms. The Morgan fingerprint density at radius 1 is 1.07 bits per heavy atom. The lowest BCUT2D eigenvalue weighted by Gasteiger charge is -2.31. The van der Waals surface area contributed by atoms with Gasteiger partial charge in [-0.05, 0) is 19.9 Å². The third-order valence-corrected chi connectivity index (χ3v) is 5.48. The second-order valence-electron chi connectivity index (χ2n) is 7.36. The van der Waals surface area contributed by atoms with Gasteiger partial charge >= 0.3 is 5.91 Å². The van der Waals surface area contributed by atoms with E-state index in [2.05, 4.69) is 22.7 Å². The second-order valence-corrected chi connectivity index (χ2v) is 7.36. The number of hydrazone groups is 1. The first-order chi connectivity index (χ1) is 14.1. The summed E-state index contributed by atoms with van der Waals surface area (Å²) in [5.74, 6) is -0.0282. The van der Waals surface area contributed by atoms with Gasteiger partial charge in [0.05, 0.1) is 18.9 Å². The molecule has 6 heteroatoms. The monoisotopic (exact) mass is 392 g/mol. The summed E-state index contributed by atoms with van der Waals surface area (Å²) in [5.41, 5.74) is 6.27. The van der Waals surface area contributed by atoms with Gasteiger partial charge in [-0.3, -0.25) is 4.79 Å². The Labute approximate surface area is 170 Å². The first-order valence-corrected chi connectivity index (χ1v) is 9.95. The Hall–Kier alpha value is -2.96. The molecule has 0 radical (unpaired) electrons. The van der Waals surface area contributed by atoms with Crippen molar-refractivity contribution in [2.75, 3.05) is 26.3 Å². The molecular formula is C23H26N3O3+. The fraction of sp³-hybridized carbons (Fsp3) is 0.304. The number of morpholine rings is 1. The van der Waals surface area contributed by atoms with Crippen LogP contribution in [-0.2, 0) is 4.74 Å². The van der Waals surface area contributed by atoms with Crippen molar-refractivity contribution >= 4 is 22.6 Å². The van der Waals surface area contributed by atoms with E-state index in [9.17, 15) is 4.79 Å². The molecule has 0 saturated carbocycles. The van der Waals surface area contributed by atoms with E-state index in [0.717, 1.165) is 43.0 Å². The Balaban J connectivity index is 1.57. The first kappa shape index (κ1) is 19.4. The zero-order chi connectivity index (χ0) is 20.2. The number of hydrogen-bond donors (Lipinski definition) is 2. The predicted molar refractivity (Wildman–Crippen MR) is 112 cm³/mol. The van der Waals surface area contributed by atoms with Crippen LogP contribution in [0.3, 0.4) is 0 Å². The van der Waals surface area contributed by atoms with Crippen molar-refractivity contribution in [3.8, 4) is 0 Å². The molecule has 150 valence electrons. The average Bonchev–Trinajstić information content (AvgIpc) is 3.11. The Morgan fingerprint density at radius 2 is 1.76 bits per heavy atom. The highest BCUT2D eigenvalue weighted by atomic mass is 16.5. The number of hydrogen-bond acceptors (Lipinski definition) is 4. The van der Waals surface area contributed by atoms with E-state index < -0.39 is 0 Å². The van der Waals surface area contributed by atoms with Crippen molar-refractivity contribution < 1.29 is 18.8 Å². The number of carbonyl (C=O) groups is 1. The van der Waals surface area contributed by atoms with E-state index in [-0.39, 0.29) is 11.9 Å². The van der Waals surface area contributed by atoms with Crippen LogP contribution >= 0.6 is 0 Å². The molecule has 2 heterocycles. The van der Waals surface area contributed by atoms with Crippen LogP contribution in [0, 0.1) is 6.92 Å². The highest BCUT2D eigenvalue weighted by molar-refractivity contribution is 5.99. The summed E-state index contributed by atoms with van der Waals surface area (Å²) in [6.07, 6.45) is 0. The maximum Gasteiger partial charge on any atom is 0.307 e. The smallest absolute Gasteiger partial charge is 0.307 e. The quantitative estimate of drug-likeness (QED) is 0.518. The number of nitrogens with one attached hydrogen (secondary N) is 2. The van der Waals surface area contributed by atoms with Gasteiger partial charge in [0, 0.05) is 16.5 Å². The molecule has 6 nitrogen and oxygen atoms in total. The van der Waals surface area contributed by atoms with Crippen LogP contribution in [0.2, 0.25) is 0 Å². The summed E-state index contributed by atoms with van der Waals surface area (Å²) in [6, 6.07) is 18.0. The van der Waals surface area contributed by atoms with Gasteiger partial charge in [-0.1, -0.05) is 48.5 Å². The third-order valence-electron chi connectivity index (χ3n) is 5.48. The van der Waals surface area contributed by atoms with Crippen molar-refractivity contribution in [3.63, 3.8) is 0 Å². The van der Waals surface area contributed by atoms with Crippen molar-refractivity contribution in [3.05, 3.63) is 71.5 Å². The molecule has 2 N–H and O–H groups in total. The minimum absolute atomic E-state index is 0.0668. The van der Waals surface area contributed by atoms with Gasteiger partial charge in [-0.15, -0.1) is 0 Å². The lowest BCUT2D eigenvalue weighted by atomic mass is 10.0. The lowest BCUT2D eigenvalue weighted by Crippen LogP contribution is -3.15. The number of rotatable bonds is 5. The molecule has 0 bridgehead atoms. The van der Waals surface area contributed by atoms with Crippen molar-refractivity contribution in [1.82, 2.24) is 5.43 Å². The maximum absolute atomic E-state index is 12.7. The van der Waals surface area contributed by atoms with Crippen LogP contribution in [-0.4, -0.2) is 37.9 Å². The number of carbonyl (C=O) groups excluding carboxylic acids is 1. The zero-order valence-electron chi connectivity index (χ0n) is 16.8. The molecular weight excluding hydrogens is 366 g/mol. The van der Waals surface area contributed by atoms with Crippen molar-refractivity contribution in [2.24, 2.45) is 5.10 Å². The normalized spacial score (nSPS) is 16.7. The number of ether oxygens (including phenoxy) is 1. The number of benzene rings is 2. The Morgan fingerprint density at radius 3 is 2.48 bits per heavy atom. The molecule has 1 aliphatic rings. The van der Waals surface area contributed by atoms with Crippen LogP contribution in [0.15, 0.2) is 64.1 Å². The topological polar surface area (TPSA) is 68.3 Å². The summed E-state index contributed by atoms with van der Waals surface area (Å²) < 4.78 is 11.3. The van der Waals surface area contributed by atoms with Gasteiger partial charge in [0.2, 0.25) is 0 Å². The Kier molecular flexibility index (Phi) is 5.74. The molecule has 1 fully saturated rings. The summed E-state index contributed by atoms with van der Waals surface area (Å²) >= 11 is 0. The van der Waals surface area contributed by atoms with Crippen molar-refractivity contribution in [2.45, 2.75) is 19.9 Å². The van der Waals surface area contributed by atoms with Gasteiger partial charge in [0.15, 0.2) is 11.8 Å². The molecule has 2 aromatic carbocycles. The number of aryl methyl sites for hydroxylation is 1. The molecule has 1 aromatic heterocycles. The number of furan rings is 1. The van der Waals surface area contributed by atoms with Gasteiger partial charge < -0.3 is 14.1 Å². The highest BCUT2D eigenvalue weighted by Crippen LogP contribution is 2.24. The van der Waals surface area contributed by atoms with Crippen LogP contribution in [0.4, 0.5) is 0 Å². The molecule has 1 atom stereocenters. The van der Waals surface area contributed by atoms with Crippen LogP contribution in [0.5, 0.6) is 0 Å². The van der Waals surface area contributed by atoms with Crippen LogP contribution in [0.1, 0.15) is 34.6 Å². The number of nitrogens with zero attached hydrogens (tertiary/aromatic N) is 1. The van der Waals surface area contributed by atoms with Crippen LogP contribution in [0.25, 0.3) is 11.0 Å². The van der Waals surface area contributed by atoms with E-state index in [1.165, 1.54) is 10.5 Å². The molecule has 4 rings (SSSR count). The van der Waals surface area contributed by atoms with Gasteiger partial charge in [-0.25, -0.2) is 5.43 Å². The second kappa shape index (κ2) is 8.59. The van der Waals surface area contributed by atoms with Crippen LogP contribution < -0.4 is 10.3 Å². The van der Waals surface area contributed by atoms with E-state index >= 15 is 0 Å². The largest absolute Gasteiger partial charge is 0.451 e. The number of para-hydroxylation sites is 1. The predicted octanol–water partition coefficient (Wildman–Crippen LogP) is 2.50. The number of fused-ring (bicyclic) bond motifs is 1. The highest BCUT2D eigenvalue weighted by Gasteiger charge is 2.29. The Bertz CT molecular complexity index is 1020. The SMILES string of the molecule is C/C(=N/NC(=O)c1oc2ccccc2c1C)[C@H](c1ccccc1)[NH+]1CCOCC1. The number of amides is 1. The van der Waals surface area contributed by atoms with Gasteiger partial charge in [-0.2, -0.15) is 5.10 Å². The fourth-order valence-electron chi connectivity index (χ4n) is 3.99. The fourth-order valence-corrected chi connectivity index (χ4v) is 3.99. The molecule has 1 amide bonds. The van der Waals surface area contributed by atoms with Gasteiger partial charge in [0.1, 0.15) is 18.7 Å². The van der Waals surface area contributed by atoms with E-state index in [1.807, 2.05) is 56.3 Å². The maximum atomic E-state index is 12.7. The molecule has 3 aromatic rings. The number of quaternary nitrogens is 1. The first-order valence-electron chi connectivity index (χ1n) is 9.95. The molecule has 0 unspecified atom stereocenters. The minimum atomic E-state index is -0.332. The lowest BCUT2D eigenvalue weighted by molar-refractivity contribution is -0.928. The zero-order valence-corrected chi connectivity index (χ0v) is 16.8. The standard InChI is InChI=1S/C23H25N3O3/c1-16-19-10-6-7-11-20(19)29-22(16)23(27)25-24-17(2)21(18-8-4-3-5-9-18)26-12-14-28-15-13-26/h3-11,21H,12-15H2,1-2H3,(H,25,27)/p+1/b24-17-/t21-/m1/s1. The van der Waals surface area contributed by atoms with Crippen molar-refractivity contribution in [1.29, 1.82) is 0 Å². The summed E-state index contributed by atoms with van der Waals surface area (Å²) in [7, 11) is 0. The van der Waals surface area contributed by atoms with E-state index in [0.29, 0.717) is 11.3 Å². The van der Waals surface area contributed by atoms with E-state index in [4.69, 9.17) is 9.15 Å².